The fraction of sp³-hybridized carbons (Fsp3) is 0.0455. The topological polar surface area (TPSA) is 69.8 Å². The molecular weight excluding hydrogens is 439 g/mol. The van der Waals surface area contributed by atoms with Crippen LogP contribution in [0.1, 0.15) is 15.9 Å². The van der Waals surface area contributed by atoms with E-state index in [1.54, 1.807) is 18.2 Å². The molecule has 30 heavy (non-hydrogen) atoms. The summed E-state index contributed by atoms with van der Waals surface area (Å²) in [6.07, 6.45) is 0. The molecule has 0 unspecified atom stereocenters. The van der Waals surface area contributed by atoms with Gasteiger partial charge in [-0.3, -0.25) is 10.1 Å². The third kappa shape index (κ3) is 4.31. The van der Waals surface area contributed by atoms with Crippen molar-refractivity contribution < 1.29 is 4.79 Å². The highest BCUT2D eigenvalue weighted by atomic mass is 35.5. The maximum absolute atomic E-state index is 12.5. The number of halogens is 2. The molecule has 0 aliphatic rings. The summed E-state index contributed by atoms with van der Waals surface area (Å²) in [6, 6.07) is 18.4. The van der Waals surface area contributed by atoms with E-state index in [1.165, 1.54) is 0 Å². The molecule has 4 rings (SSSR count). The largest absolute Gasteiger partial charge is 0.338 e. The van der Waals surface area contributed by atoms with Crippen LogP contribution in [-0.2, 0) is 0 Å². The SMILES string of the molecule is Cc1ccc(C(=O)NC(=S)Nc2cc(-c3nc4ccccc4[nH]3)ccc2Cl)c(Cl)c1. The van der Waals surface area contributed by atoms with Gasteiger partial charge in [0.1, 0.15) is 5.82 Å². The summed E-state index contributed by atoms with van der Waals surface area (Å²) in [4.78, 5) is 20.4. The van der Waals surface area contributed by atoms with Crippen molar-refractivity contribution in [2.24, 2.45) is 0 Å². The van der Waals surface area contributed by atoms with Gasteiger partial charge in [0.05, 0.1) is 32.3 Å². The fourth-order valence-corrected chi connectivity index (χ4v) is 3.67. The molecule has 0 radical (unpaired) electrons. The van der Waals surface area contributed by atoms with Crippen molar-refractivity contribution in [3.8, 4) is 11.4 Å². The first-order valence-corrected chi connectivity index (χ1v) is 10.2. The van der Waals surface area contributed by atoms with Crippen LogP contribution in [0, 0.1) is 6.92 Å². The Labute approximate surface area is 188 Å². The van der Waals surface area contributed by atoms with Crippen LogP contribution in [0.25, 0.3) is 22.4 Å². The zero-order chi connectivity index (χ0) is 21.3. The Hall–Kier alpha value is -2.93. The van der Waals surface area contributed by atoms with Crippen molar-refractivity contribution in [3.63, 3.8) is 0 Å². The highest BCUT2D eigenvalue weighted by molar-refractivity contribution is 7.80. The van der Waals surface area contributed by atoms with Crippen molar-refractivity contribution in [1.82, 2.24) is 15.3 Å². The Kier molecular flexibility index (Phi) is 5.72. The number of rotatable bonds is 3. The van der Waals surface area contributed by atoms with Gasteiger partial charge in [0, 0.05) is 5.56 Å². The van der Waals surface area contributed by atoms with E-state index in [4.69, 9.17) is 35.4 Å². The first-order chi connectivity index (χ1) is 14.4. The van der Waals surface area contributed by atoms with Crippen LogP contribution >= 0.6 is 35.4 Å². The summed E-state index contributed by atoms with van der Waals surface area (Å²) in [7, 11) is 0. The number of carbonyl (C=O) groups excluding carboxylic acids is 1. The molecular formula is C22H16Cl2N4OS. The maximum atomic E-state index is 12.5. The van der Waals surface area contributed by atoms with E-state index in [2.05, 4.69) is 20.6 Å². The van der Waals surface area contributed by atoms with Crippen LogP contribution in [0.4, 0.5) is 5.69 Å². The molecule has 1 heterocycles. The zero-order valence-corrected chi connectivity index (χ0v) is 18.1. The van der Waals surface area contributed by atoms with Crippen LogP contribution < -0.4 is 10.6 Å². The first-order valence-electron chi connectivity index (χ1n) is 9.04. The molecule has 5 nitrogen and oxygen atoms in total. The molecule has 0 atom stereocenters. The minimum atomic E-state index is -0.401. The van der Waals surface area contributed by atoms with E-state index < -0.39 is 5.91 Å². The van der Waals surface area contributed by atoms with Crippen molar-refractivity contribution in [1.29, 1.82) is 0 Å². The number of aromatic amines is 1. The molecule has 3 N–H and O–H groups in total. The molecule has 0 aliphatic carbocycles. The van der Waals surface area contributed by atoms with Gasteiger partial charge in [-0.1, -0.05) is 41.4 Å². The number of para-hydroxylation sites is 2. The number of thiocarbonyl (C=S) groups is 1. The van der Waals surface area contributed by atoms with E-state index >= 15 is 0 Å². The maximum Gasteiger partial charge on any atom is 0.258 e. The summed E-state index contributed by atoms with van der Waals surface area (Å²) < 4.78 is 0. The Morgan fingerprint density at radius 1 is 1.03 bits per heavy atom. The Balaban J connectivity index is 1.53. The number of anilines is 1. The van der Waals surface area contributed by atoms with Gasteiger partial charge in [-0.05, 0) is 67.2 Å². The minimum Gasteiger partial charge on any atom is -0.338 e. The number of benzene rings is 3. The van der Waals surface area contributed by atoms with E-state index in [-0.39, 0.29) is 5.11 Å². The standard InChI is InChI=1S/C22H16Cl2N4OS/c1-12-6-8-14(16(24)10-12)21(29)28-22(30)27-19-11-13(7-9-15(19)23)20-25-17-4-2-3-5-18(17)26-20/h2-11H,1H3,(H,25,26)(H2,27,28,29,30). The molecule has 0 saturated carbocycles. The average molecular weight is 455 g/mol. The lowest BCUT2D eigenvalue weighted by atomic mass is 10.1. The average Bonchev–Trinajstić information content (AvgIpc) is 3.13. The summed E-state index contributed by atoms with van der Waals surface area (Å²) in [5.74, 6) is 0.305. The van der Waals surface area contributed by atoms with Crippen LogP contribution in [0.15, 0.2) is 60.7 Å². The number of nitrogens with one attached hydrogen (secondary N) is 3. The normalized spacial score (nSPS) is 10.8. The Morgan fingerprint density at radius 2 is 1.83 bits per heavy atom. The van der Waals surface area contributed by atoms with E-state index in [0.29, 0.717) is 27.1 Å². The third-order valence-corrected chi connectivity index (χ3v) is 5.32. The monoisotopic (exact) mass is 454 g/mol. The predicted octanol–water partition coefficient (Wildman–Crippen LogP) is 5.97. The second-order valence-electron chi connectivity index (χ2n) is 6.69. The number of aryl methyl sites for hydroxylation is 1. The highest BCUT2D eigenvalue weighted by Gasteiger charge is 2.14. The lowest BCUT2D eigenvalue weighted by molar-refractivity contribution is 0.0978. The van der Waals surface area contributed by atoms with Crippen LogP contribution in [0.5, 0.6) is 0 Å². The molecule has 150 valence electrons. The number of fused-ring (bicyclic) bond motifs is 1. The highest BCUT2D eigenvalue weighted by Crippen LogP contribution is 2.29. The zero-order valence-electron chi connectivity index (χ0n) is 15.8. The number of H-pyrrole nitrogens is 1. The van der Waals surface area contributed by atoms with Gasteiger partial charge in [0.2, 0.25) is 0 Å². The smallest absolute Gasteiger partial charge is 0.258 e. The summed E-state index contributed by atoms with van der Waals surface area (Å²) in [6.45, 7) is 1.90. The van der Waals surface area contributed by atoms with Gasteiger partial charge in [-0.25, -0.2) is 4.98 Å². The lowest BCUT2D eigenvalue weighted by Gasteiger charge is -2.12. The van der Waals surface area contributed by atoms with E-state index in [0.717, 1.165) is 22.2 Å². The van der Waals surface area contributed by atoms with Crippen molar-refractivity contribution >= 4 is 63.2 Å². The van der Waals surface area contributed by atoms with E-state index in [9.17, 15) is 4.79 Å². The van der Waals surface area contributed by atoms with Crippen LogP contribution in [0.3, 0.4) is 0 Å². The van der Waals surface area contributed by atoms with E-state index in [1.807, 2.05) is 49.4 Å². The molecule has 4 aromatic rings. The number of nitrogens with zero attached hydrogens (tertiary/aromatic N) is 1. The number of hydrogen-bond acceptors (Lipinski definition) is 3. The van der Waals surface area contributed by atoms with Gasteiger partial charge in [-0.15, -0.1) is 0 Å². The second-order valence-corrected chi connectivity index (χ2v) is 7.91. The fourth-order valence-electron chi connectivity index (χ4n) is 2.99. The first kappa shape index (κ1) is 20.3. The van der Waals surface area contributed by atoms with Crippen molar-refractivity contribution in [2.75, 3.05) is 5.32 Å². The molecule has 0 saturated heterocycles. The quantitative estimate of drug-likeness (QED) is 0.333. The number of imidazole rings is 1. The van der Waals surface area contributed by atoms with Crippen molar-refractivity contribution in [3.05, 3.63) is 81.8 Å². The molecule has 3 aromatic carbocycles. The van der Waals surface area contributed by atoms with Gasteiger partial charge in [0.15, 0.2) is 5.11 Å². The number of carbonyl (C=O) groups is 1. The summed E-state index contributed by atoms with van der Waals surface area (Å²) in [5.41, 5.74) is 4.49. The molecule has 0 bridgehead atoms. The number of hydrogen-bond donors (Lipinski definition) is 3. The Bertz CT molecular complexity index is 1250. The van der Waals surface area contributed by atoms with Crippen LogP contribution in [0.2, 0.25) is 10.0 Å². The number of aromatic nitrogens is 2. The molecule has 1 amide bonds. The summed E-state index contributed by atoms with van der Waals surface area (Å²) >= 11 is 17.8. The second kappa shape index (κ2) is 8.44. The van der Waals surface area contributed by atoms with Gasteiger partial charge in [-0.2, -0.15) is 0 Å². The minimum absolute atomic E-state index is 0.111. The van der Waals surface area contributed by atoms with Crippen molar-refractivity contribution in [2.45, 2.75) is 6.92 Å². The molecule has 0 aliphatic heterocycles. The van der Waals surface area contributed by atoms with Crippen LogP contribution in [-0.4, -0.2) is 21.0 Å². The Morgan fingerprint density at radius 3 is 2.60 bits per heavy atom. The molecule has 0 fully saturated rings. The third-order valence-electron chi connectivity index (χ3n) is 4.47. The predicted molar refractivity (Wildman–Crippen MR) is 126 cm³/mol. The van der Waals surface area contributed by atoms with Gasteiger partial charge >= 0.3 is 0 Å². The van der Waals surface area contributed by atoms with Gasteiger partial charge in [0.25, 0.3) is 5.91 Å². The molecule has 8 heteroatoms. The van der Waals surface area contributed by atoms with Gasteiger partial charge < -0.3 is 10.3 Å². The molecule has 1 aromatic heterocycles. The molecule has 0 spiro atoms. The number of amides is 1. The lowest BCUT2D eigenvalue weighted by Crippen LogP contribution is -2.34. The summed E-state index contributed by atoms with van der Waals surface area (Å²) in [5, 5.41) is 6.53.